The van der Waals surface area contributed by atoms with E-state index in [1.165, 1.54) is 19.3 Å². The summed E-state index contributed by atoms with van der Waals surface area (Å²) < 4.78 is 7.55. The van der Waals surface area contributed by atoms with Crippen molar-refractivity contribution in [2.75, 3.05) is 4.43 Å². The highest BCUT2D eigenvalue weighted by Crippen LogP contribution is 2.66. The fourth-order valence-corrected chi connectivity index (χ4v) is 5.40. The van der Waals surface area contributed by atoms with Gasteiger partial charge in [0.25, 0.3) is 0 Å². The normalized spacial score (nSPS) is 35.1. The highest BCUT2D eigenvalue weighted by molar-refractivity contribution is 14.1. The molecule has 2 fully saturated rings. The van der Waals surface area contributed by atoms with Crippen LogP contribution in [0.4, 0.5) is 0 Å². The first-order valence-electron chi connectivity index (χ1n) is 7.86. The summed E-state index contributed by atoms with van der Waals surface area (Å²) in [4.78, 5) is 0. The minimum Gasteiger partial charge on any atom is -0.369 e. The van der Waals surface area contributed by atoms with E-state index in [9.17, 15) is 0 Å². The number of halogens is 2. The molecule has 3 rings (SSSR count). The topological polar surface area (TPSA) is 9.23 Å². The maximum Gasteiger partial charge on any atom is 0.0932 e. The molecule has 0 amide bonds. The van der Waals surface area contributed by atoms with E-state index in [1.54, 1.807) is 0 Å². The number of ether oxygens (including phenoxy) is 1. The zero-order valence-electron chi connectivity index (χ0n) is 13.0. The van der Waals surface area contributed by atoms with E-state index >= 15 is 0 Å². The molecular formula is C18H24ClIO. The second-order valence-electron chi connectivity index (χ2n) is 7.40. The van der Waals surface area contributed by atoms with Crippen LogP contribution in [0.1, 0.15) is 51.7 Å². The van der Waals surface area contributed by atoms with Gasteiger partial charge in [0.2, 0.25) is 0 Å². The third-order valence-corrected chi connectivity index (χ3v) is 7.58. The van der Waals surface area contributed by atoms with Crippen molar-refractivity contribution >= 4 is 34.2 Å². The van der Waals surface area contributed by atoms with Crippen LogP contribution in [0.3, 0.4) is 0 Å². The molecule has 0 radical (unpaired) electrons. The molecule has 2 saturated carbocycles. The summed E-state index contributed by atoms with van der Waals surface area (Å²) in [5.74, 6) is 0.814. The van der Waals surface area contributed by atoms with Crippen LogP contribution < -0.4 is 0 Å². The molecule has 0 aromatic heterocycles. The summed E-state index contributed by atoms with van der Waals surface area (Å²) in [6, 6.07) is 8.10. The fourth-order valence-electron chi connectivity index (χ4n) is 4.46. The zero-order chi connectivity index (χ0) is 15.3. The highest BCUT2D eigenvalue weighted by atomic mass is 127. The van der Waals surface area contributed by atoms with Gasteiger partial charge in [0.1, 0.15) is 0 Å². The SMILES string of the molecule is CC1(C)C2CCC1(C)C(OC(CI)c1ccccc1Cl)C2. The Morgan fingerprint density at radius 1 is 1.33 bits per heavy atom. The van der Waals surface area contributed by atoms with E-state index < -0.39 is 0 Å². The van der Waals surface area contributed by atoms with Crippen LogP contribution in [0.25, 0.3) is 0 Å². The van der Waals surface area contributed by atoms with Crippen molar-refractivity contribution in [2.45, 2.75) is 52.2 Å². The van der Waals surface area contributed by atoms with Crippen LogP contribution in [0.5, 0.6) is 0 Å². The van der Waals surface area contributed by atoms with Crippen LogP contribution in [0, 0.1) is 16.7 Å². The number of fused-ring (bicyclic) bond motifs is 2. The van der Waals surface area contributed by atoms with Crippen molar-refractivity contribution in [3.05, 3.63) is 34.9 Å². The number of hydrogen-bond acceptors (Lipinski definition) is 1. The van der Waals surface area contributed by atoms with Crippen LogP contribution in [-0.4, -0.2) is 10.5 Å². The molecule has 3 heteroatoms. The van der Waals surface area contributed by atoms with Gasteiger partial charge in [-0.15, -0.1) is 0 Å². The molecule has 21 heavy (non-hydrogen) atoms. The Labute approximate surface area is 146 Å². The summed E-state index contributed by atoms with van der Waals surface area (Å²) in [5, 5.41) is 0.826. The molecule has 2 bridgehead atoms. The van der Waals surface area contributed by atoms with Crippen LogP contribution in [0.2, 0.25) is 5.02 Å². The average molecular weight is 419 g/mol. The summed E-state index contributed by atoms with van der Waals surface area (Å²) in [5.41, 5.74) is 1.84. The molecule has 1 aromatic carbocycles. The first kappa shape index (κ1) is 16.1. The third kappa shape index (κ3) is 2.46. The molecule has 1 nitrogen and oxygen atoms in total. The number of benzene rings is 1. The molecule has 2 aliphatic rings. The lowest BCUT2D eigenvalue weighted by molar-refractivity contribution is -0.0792. The van der Waals surface area contributed by atoms with Gasteiger partial charge < -0.3 is 4.74 Å². The van der Waals surface area contributed by atoms with Crippen molar-refractivity contribution in [1.29, 1.82) is 0 Å². The maximum atomic E-state index is 6.61. The van der Waals surface area contributed by atoms with Gasteiger partial charge in [-0.05, 0) is 42.1 Å². The second-order valence-corrected chi connectivity index (χ2v) is 8.69. The predicted octanol–water partition coefficient (Wildman–Crippen LogP) is 6.05. The zero-order valence-corrected chi connectivity index (χ0v) is 15.9. The first-order chi connectivity index (χ1) is 9.90. The second kappa shape index (κ2) is 5.68. The van der Waals surface area contributed by atoms with Crippen LogP contribution in [0.15, 0.2) is 24.3 Å². The molecule has 4 unspecified atom stereocenters. The van der Waals surface area contributed by atoms with E-state index in [-0.39, 0.29) is 6.10 Å². The lowest BCUT2D eigenvalue weighted by Gasteiger charge is -2.40. The van der Waals surface area contributed by atoms with Gasteiger partial charge in [0, 0.05) is 15.0 Å². The quantitative estimate of drug-likeness (QED) is 0.427. The summed E-state index contributed by atoms with van der Waals surface area (Å²) >= 11 is 8.79. The van der Waals surface area contributed by atoms with Gasteiger partial charge in [0.05, 0.1) is 12.2 Å². The molecule has 0 spiro atoms. The van der Waals surface area contributed by atoms with Crippen LogP contribution >= 0.6 is 34.2 Å². The largest absolute Gasteiger partial charge is 0.369 e. The number of rotatable bonds is 4. The van der Waals surface area contributed by atoms with E-state index in [0.717, 1.165) is 20.9 Å². The Bertz CT molecular complexity index is 530. The standard InChI is InChI=1S/C18H24ClIO/c1-17(2)12-8-9-18(17,3)16(10-12)21-15(11-20)13-6-4-5-7-14(13)19/h4-7,12,15-16H,8-11H2,1-3H3. The Morgan fingerprint density at radius 3 is 2.57 bits per heavy atom. The molecule has 0 saturated heterocycles. The Hall–Kier alpha value is 0.200. The van der Waals surface area contributed by atoms with Gasteiger partial charge in [-0.25, -0.2) is 0 Å². The van der Waals surface area contributed by atoms with E-state index in [2.05, 4.69) is 55.5 Å². The molecule has 0 heterocycles. The van der Waals surface area contributed by atoms with Gasteiger partial charge in [-0.2, -0.15) is 0 Å². The molecular weight excluding hydrogens is 395 g/mol. The minimum absolute atomic E-state index is 0.108. The van der Waals surface area contributed by atoms with Crippen molar-refractivity contribution in [3.8, 4) is 0 Å². The summed E-state index contributed by atoms with van der Waals surface area (Å²) in [6.45, 7) is 7.30. The highest BCUT2D eigenvalue weighted by Gasteiger charge is 2.62. The predicted molar refractivity (Wildman–Crippen MR) is 97.2 cm³/mol. The van der Waals surface area contributed by atoms with E-state index in [0.29, 0.717) is 16.9 Å². The number of hydrogen-bond donors (Lipinski definition) is 0. The van der Waals surface area contributed by atoms with Crippen molar-refractivity contribution < 1.29 is 4.74 Å². The molecule has 0 N–H and O–H groups in total. The monoisotopic (exact) mass is 418 g/mol. The molecule has 2 aliphatic carbocycles. The van der Waals surface area contributed by atoms with E-state index in [1.807, 2.05) is 12.1 Å². The third-order valence-electron chi connectivity index (χ3n) is 6.43. The maximum absolute atomic E-state index is 6.61. The van der Waals surface area contributed by atoms with E-state index in [4.69, 9.17) is 16.3 Å². The Balaban J connectivity index is 1.82. The Kier molecular flexibility index (Phi) is 4.35. The Morgan fingerprint density at radius 2 is 2.05 bits per heavy atom. The molecule has 1 aromatic rings. The smallest absolute Gasteiger partial charge is 0.0932 e. The lowest BCUT2D eigenvalue weighted by atomic mass is 9.70. The van der Waals surface area contributed by atoms with Crippen molar-refractivity contribution in [1.82, 2.24) is 0 Å². The van der Waals surface area contributed by atoms with Gasteiger partial charge in [-0.1, -0.05) is 73.2 Å². The van der Waals surface area contributed by atoms with Crippen LogP contribution in [-0.2, 0) is 4.74 Å². The average Bonchev–Trinajstić information content (AvgIpc) is 2.78. The molecule has 0 aliphatic heterocycles. The summed E-state index contributed by atoms with van der Waals surface area (Å²) in [6.07, 6.45) is 4.34. The van der Waals surface area contributed by atoms with Gasteiger partial charge >= 0.3 is 0 Å². The molecule has 4 atom stereocenters. The van der Waals surface area contributed by atoms with Crippen molar-refractivity contribution in [2.24, 2.45) is 16.7 Å². The first-order valence-corrected chi connectivity index (χ1v) is 9.76. The lowest BCUT2D eigenvalue weighted by Crippen LogP contribution is -2.38. The summed E-state index contributed by atoms with van der Waals surface area (Å²) in [7, 11) is 0. The molecule has 116 valence electrons. The fraction of sp³-hybridized carbons (Fsp3) is 0.667. The number of alkyl halides is 1. The van der Waals surface area contributed by atoms with Crippen molar-refractivity contribution in [3.63, 3.8) is 0 Å². The van der Waals surface area contributed by atoms with Gasteiger partial charge in [0.15, 0.2) is 0 Å². The minimum atomic E-state index is 0.108. The van der Waals surface area contributed by atoms with Gasteiger partial charge in [-0.3, -0.25) is 0 Å².